The number of aliphatic hydroxyl groups is 1. The Morgan fingerprint density at radius 1 is 1.44 bits per heavy atom. The van der Waals surface area contributed by atoms with Crippen molar-refractivity contribution in [1.29, 1.82) is 0 Å². The van der Waals surface area contributed by atoms with Crippen molar-refractivity contribution in [1.82, 2.24) is 4.90 Å². The van der Waals surface area contributed by atoms with E-state index in [-0.39, 0.29) is 6.61 Å². The minimum atomic E-state index is -1.35. The van der Waals surface area contributed by atoms with Crippen LogP contribution in [0.1, 0.15) is 33.6 Å². The monoisotopic (exact) mass is 275 g/mol. The van der Waals surface area contributed by atoms with Crippen molar-refractivity contribution in [3.63, 3.8) is 0 Å². The Bertz CT molecular complexity index is 303. The Kier molecular flexibility index (Phi) is 4.80. The van der Waals surface area contributed by atoms with Crippen molar-refractivity contribution >= 4 is 15.1 Å². The molecule has 0 radical (unpaired) electrons. The van der Waals surface area contributed by atoms with Gasteiger partial charge in [0, 0.05) is 6.54 Å². The Morgan fingerprint density at radius 2 is 2.06 bits per heavy atom. The molecule has 0 spiro atoms. The minimum absolute atomic E-state index is 0.169. The average Bonchev–Trinajstić information content (AvgIpc) is 2.58. The number of hydrogen-bond donors (Lipinski definition) is 1. The summed E-state index contributed by atoms with van der Waals surface area (Å²) in [6, 6.07) is 0. The van der Waals surface area contributed by atoms with Gasteiger partial charge < -0.3 is 14.3 Å². The fourth-order valence-corrected chi connectivity index (χ4v) is 3.39. The second-order valence-corrected chi connectivity index (χ2v) is 8.34. The second kappa shape index (κ2) is 5.58. The Labute approximate surface area is 111 Å². The van der Waals surface area contributed by atoms with Crippen LogP contribution in [-0.4, -0.2) is 49.6 Å². The van der Waals surface area contributed by atoms with Crippen molar-refractivity contribution in [3.05, 3.63) is 0 Å². The summed E-state index contributed by atoms with van der Waals surface area (Å²) in [6.07, 6.45) is 1.11. The van der Waals surface area contributed by atoms with E-state index >= 15 is 0 Å². The van der Waals surface area contributed by atoms with Crippen molar-refractivity contribution in [3.8, 4) is 0 Å². The van der Waals surface area contributed by atoms with Crippen LogP contribution in [-0.2, 0) is 9.16 Å². The van der Waals surface area contributed by atoms with Crippen LogP contribution < -0.4 is 0 Å². The van der Waals surface area contributed by atoms with Gasteiger partial charge in [-0.15, -0.1) is 0 Å². The molecule has 1 N–H and O–H groups in total. The van der Waals surface area contributed by atoms with Gasteiger partial charge in [-0.3, -0.25) is 4.90 Å². The summed E-state index contributed by atoms with van der Waals surface area (Å²) < 4.78 is 11.3. The zero-order valence-corrected chi connectivity index (χ0v) is 13.2. The summed E-state index contributed by atoms with van der Waals surface area (Å²) in [5.74, 6) is 0. The van der Waals surface area contributed by atoms with E-state index in [2.05, 4.69) is 0 Å². The summed E-state index contributed by atoms with van der Waals surface area (Å²) in [6.45, 7) is 9.97. The van der Waals surface area contributed by atoms with Crippen LogP contribution in [0.5, 0.6) is 0 Å². The number of nitrogens with zero attached hydrogens (tertiary/aromatic N) is 1. The SMILES string of the molecule is C[SiH](C)O[C@@]1(CO)CCCN1C(=O)OC(C)(C)C. The van der Waals surface area contributed by atoms with Gasteiger partial charge in [-0.2, -0.15) is 0 Å². The van der Waals surface area contributed by atoms with Crippen LogP contribution in [0.2, 0.25) is 13.1 Å². The lowest BCUT2D eigenvalue weighted by atomic mass is 10.2. The number of carbonyl (C=O) groups excluding carboxylic acids is 1. The van der Waals surface area contributed by atoms with Crippen LogP contribution in [0.25, 0.3) is 0 Å². The molecular formula is C12H25NO4Si. The van der Waals surface area contributed by atoms with Crippen LogP contribution >= 0.6 is 0 Å². The molecule has 0 aliphatic carbocycles. The van der Waals surface area contributed by atoms with Crippen molar-refractivity contribution in [2.24, 2.45) is 0 Å². The smallest absolute Gasteiger partial charge is 0.412 e. The molecule has 0 saturated carbocycles. The maximum atomic E-state index is 12.1. The largest absolute Gasteiger partial charge is 0.444 e. The third-order valence-corrected chi connectivity index (χ3v) is 3.67. The maximum Gasteiger partial charge on any atom is 0.412 e. The third-order valence-electron chi connectivity index (χ3n) is 2.76. The van der Waals surface area contributed by atoms with Gasteiger partial charge in [0.25, 0.3) is 0 Å². The van der Waals surface area contributed by atoms with Gasteiger partial charge in [-0.1, -0.05) is 0 Å². The molecule has 5 nitrogen and oxygen atoms in total. The lowest BCUT2D eigenvalue weighted by molar-refractivity contribution is -0.0956. The maximum absolute atomic E-state index is 12.1. The molecule has 0 unspecified atom stereocenters. The first-order valence-electron chi connectivity index (χ1n) is 6.49. The molecule has 0 aromatic heterocycles. The lowest BCUT2D eigenvalue weighted by Crippen LogP contribution is -2.54. The van der Waals surface area contributed by atoms with Gasteiger partial charge in [-0.05, 0) is 46.7 Å². The van der Waals surface area contributed by atoms with E-state index in [1.165, 1.54) is 0 Å². The molecule has 106 valence electrons. The second-order valence-electron chi connectivity index (χ2n) is 6.01. The fraction of sp³-hybridized carbons (Fsp3) is 0.917. The lowest BCUT2D eigenvalue weighted by Gasteiger charge is -2.39. The van der Waals surface area contributed by atoms with E-state index in [1.54, 1.807) is 4.90 Å². The first-order valence-corrected chi connectivity index (χ1v) is 9.27. The molecule has 1 heterocycles. The van der Waals surface area contributed by atoms with E-state index < -0.39 is 26.5 Å². The number of likely N-dealkylation sites (tertiary alicyclic amines) is 1. The van der Waals surface area contributed by atoms with E-state index in [0.717, 1.165) is 6.42 Å². The Morgan fingerprint density at radius 3 is 2.50 bits per heavy atom. The van der Waals surface area contributed by atoms with E-state index in [9.17, 15) is 9.90 Å². The number of rotatable bonds is 3. The van der Waals surface area contributed by atoms with Gasteiger partial charge in [0.05, 0.1) is 6.61 Å². The highest BCUT2D eigenvalue weighted by Crippen LogP contribution is 2.32. The highest BCUT2D eigenvalue weighted by molar-refractivity contribution is 6.48. The van der Waals surface area contributed by atoms with Gasteiger partial charge in [0.15, 0.2) is 14.8 Å². The molecule has 6 heteroatoms. The topological polar surface area (TPSA) is 59.0 Å². The number of ether oxygens (including phenoxy) is 1. The molecule has 1 saturated heterocycles. The first kappa shape index (κ1) is 15.5. The zero-order chi connectivity index (χ0) is 14.0. The normalized spacial score (nSPS) is 24.7. The van der Waals surface area contributed by atoms with Gasteiger partial charge in [0.2, 0.25) is 0 Å². The summed E-state index contributed by atoms with van der Waals surface area (Å²) in [5, 5.41) is 9.63. The predicted octanol–water partition coefficient (Wildman–Crippen LogP) is 1.71. The van der Waals surface area contributed by atoms with Crippen molar-refractivity contribution in [2.75, 3.05) is 13.2 Å². The summed E-state index contributed by atoms with van der Waals surface area (Å²) in [4.78, 5) is 13.7. The molecular weight excluding hydrogens is 250 g/mol. The van der Waals surface area contributed by atoms with Crippen LogP contribution in [0.4, 0.5) is 4.79 Å². The minimum Gasteiger partial charge on any atom is -0.444 e. The predicted molar refractivity (Wildman–Crippen MR) is 72.0 cm³/mol. The molecule has 1 fully saturated rings. The molecule has 1 aliphatic heterocycles. The fourth-order valence-electron chi connectivity index (χ4n) is 2.19. The van der Waals surface area contributed by atoms with Crippen LogP contribution in [0.15, 0.2) is 0 Å². The van der Waals surface area contributed by atoms with Crippen LogP contribution in [0.3, 0.4) is 0 Å². The van der Waals surface area contributed by atoms with E-state index in [1.807, 2.05) is 33.9 Å². The molecule has 1 amide bonds. The highest BCUT2D eigenvalue weighted by Gasteiger charge is 2.46. The average molecular weight is 275 g/mol. The van der Waals surface area contributed by atoms with Gasteiger partial charge >= 0.3 is 6.09 Å². The quantitative estimate of drug-likeness (QED) is 0.797. The molecule has 0 aromatic rings. The van der Waals surface area contributed by atoms with Crippen molar-refractivity contribution in [2.45, 2.75) is 58.0 Å². The van der Waals surface area contributed by atoms with E-state index in [0.29, 0.717) is 13.0 Å². The molecule has 18 heavy (non-hydrogen) atoms. The summed E-state index contributed by atoms with van der Waals surface area (Å²) in [5.41, 5.74) is -1.39. The summed E-state index contributed by atoms with van der Waals surface area (Å²) >= 11 is 0. The standard InChI is InChI=1S/C12H25NO4Si/c1-11(2,3)16-10(15)13-8-6-7-12(13,9-14)17-18(4)5/h14,18H,6-9H2,1-5H3/t12-/m1/s1. The Balaban J connectivity index is 2.82. The zero-order valence-electron chi connectivity index (χ0n) is 12.0. The number of amides is 1. The molecule has 1 atom stereocenters. The molecule has 1 rings (SSSR count). The number of hydrogen-bond acceptors (Lipinski definition) is 4. The third kappa shape index (κ3) is 3.70. The van der Waals surface area contributed by atoms with Crippen molar-refractivity contribution < 1.29 is 19.1 Å². The van der Waals surface area contributed by atoms with Gasteiger partial charge in [0.1, 0.15) is 5.60 Å². The summed E-state index contributed by atoms with van der Waals surface area (Å²) in [7, 11) is -1.35. The first-order chi connectivity index (χ1) is 8.20. The molecule has 1 aliphatic rings. The van der Waals surface area contributed by atoms with E-state index in [4.69, 9.17) is 9.16 Å². The highest BCUT2D eigenvalue weighted by atomic mass is 28.3. The van der Waals surface area contributed by atoms with Crippen LogP contribution in [0, 0.1) is 0 Å². The molecule has 0 bridgehead atoms. The number of carbonyl (C=O) groups is 1. The number of aliphatic hydroxyl groups excluding tert-OH is 1. The Hall–Kier alpha value is -0.593. The molecule has 0 aromatic carbocycles. The van der Waals surface area contributed by atoms with Gasteiger partial charge in [-0.25, -0.2) is 4.79 Å².